The number of benzene rings is 1. The Kier molecular flexibility index (Phi) is 2.32. The van der Waals surface area contributed by atoms with E-state index in [-0.39, 0.29) is 6.42 Å². The van der Waals surface area contributed by atoms with Gasteiger partial charge in [0, 0.05) is 18.1 Å². The van der Waals surface area contributed by atoms with Crippen molar-refractivity contribution in [2.24, 2.45) is 0 Å². The summed E-state index contributed by atoms with van der Waals surface area (Å²) in [5.74, 6) is 0. The average molecular weight is 203 g/mol. The zero-order chi connectivity index (χ0) is 10.9. The fourth-order valence-corrected chi connectivity index (χ4v) is 1.67. The highest BCUT2D eigenvalue weighted by Gasteiger charge is 2.22. The van der Waals surface area contributed by atoms with Gasteiger partial charge in [-0.1, -0.05) is 6.07 Å². The molecule has 2 N–H and O–H groups in total. The molecule has 0 saturated carbocycles. The van der Waals surface area contributed by atoms with Crippen molar-refractivity contribution >= 4 is 17.2 Å². The fourth-order valence-electron chi connectivity index (χ4n) is 1.67. The van der Waals surface area contributed by atoms with Gasteiger partial charge in [-0.3, -0.25) is 0 Å². The van der Waals surface area contributed by atoms with E-state index in [4.69, 9.17) is 0 Å². The molecule has 3 nitrogen and oxygen atoms in total. The monoisotopic (exact) mass is 203 g/mol. The van der Waals surface area contributed by atoms with E-state index >= 15 is 0 Å². The van der Waals surface area contributed by atoms with Gasteiger partial charge in [-0.25, -0.2) is 0 Å². The van der Waals surface area contributed by atoms with Crippen LogP contribution in [0.1, 0.15) is 18.9 Å². The van der Waals surface area contributed by atoms with E-state index < -0.39 is 5.60 Å². The maximum absolute atomic E-state index is 10.4. The van der Waals surface area contributed by atoms with Crippen LogP contribution in [-0.2, 0) is 10.4 Å². The fraction of sp³-hybridized carbons (Fsp3) is 0.250. The minimum absolute atomic E-state index is 0.114. The van der Waals surface area contributed by atoms with Gasteiger partial charge in [-0.15, -0.1) is 0 Å². The van der Waals surface area contributed by atoms with Gasteiger partial charge in [-0.2, -0.15) is 0 Å². The number of hydrogen-bond acceptors (Lipinski definition) is 2. The van der Waals surface area contributed by atoms with Crippen molar-refractivity contribution in [1.29, 1.82) is 0 Å². The van der Waals surface area contributed by atoms with E-state index in [1.165, 1.54) is 0 Å². The van der Waals surface area contributed by atoms with E-state index in [1.54, 1.807) is 6.92 Å². The smallest absolute Gasteiger partial charge is 0.123 e. The highest BCUT2D eigenvalue weighted by Crippen LogP contribution is 2.26. The van der Waals surface area contributed by atoms with E-state index in [9.17, 15) is 9.90 Å². The number of H-pyrrole nitrogens is 1. The number of aliphatic hydroxyl groups is 1. The van der Waals surface area contributed by atoms with Crippen molar-refractivity contribution in [2.75, 3.05) is 0 Å². The van der Waals surface area contributed by atoms with Crippen LogP contribution in [0.5, 0.6) is 0 Å². The lowest BCUT2D eigenvalue weighted by molar-refractivity contribution is -0.112. The molecule has 0 aliphatic rings. The van der Waals surface area contributed by atoms with Gasteiger partial charge < -0.3 is 14.9 Å². The molecule has 0 fully saturated rings. The quantitative estimate of drug-likeness (QED) is 0.749. The first-order valence-electron chi connectivity index (χ1n) is 4.87. The molecule has 0 bridgehead atoms. The van der Waals surface area contributed by atoms with Crippen LogP contribution in [0.25, 0.3) is 10.9 Å². The number of nitrogens with one attached hydrogen (secondary N) is 1. The molecule has 1 heterocycles. The van der Waals surface area contributed by atoms with Gasteiger partial charge in [0.2, 0.25) is 0 Å². The zero-order valence-corrected chi connectivity index (χ0v) is 8.53. The van der Waals surface area contributed by atoms with E-state index in [2.05, 4.69) is 4.98 Å². The SMILES string of the molecule is CC(O)(CC=O)c1ccc2[nH]ccc2c1. The third-order valence-corrected chi connectivity index (χ3v) is 2.66. The number of aromatic amines is 1. The lowest BCUT2D eigenvalue weighted by atomic mass is 9.92. The maximum Gasteiger partial charge on any atom is 0.123 e. The van der Waals surface area contributed by atoms with Crippen LogP contribution in [0.15, 0.2) is 30.5 Å². The Labute approximate surface area is 87.7 Å². The molecule has 0 amide bonds. The highest BCUT2D eigenvalue weighted by atomic mass is 16.3. The van der Waals surface area contributed by atoms with Crippen LogP contribution in [0, 0.1) is 0 Å². The van der Waals surface area contributed by atoms with Crippen LogP contribution in [0.2, 0.25) is 0 Å². The third kappa shape index (κ3) is 1.78. The third-order valence-electron chi connectivity index (χ3n) is 2.66. The molecular formula is C12H13NO2. The Morgan fingerprint density at radius 3 is 3.00 bits per heavy atom. The molecule has 1 aromatic carbocycles. The van der Waals surface area contributed by atoms with Crippen molar-refractivity contribution in [3.05, 3.63) is 36.0 Å². The summed E-state index contributed by atoms with van der Waals surface area (Å²) in [5, 5.41) is 11.1. The second kappa shape index (κ2) is 3.51. The summed E-state index contributed by atoms with van der Waals surface area (Å²) in [6.45, 7) is 1.65. The summed E-state index contributed by atoms with van der Waals surface area (Å²) in [7, 11) is 0. The van der Waals surface area contributed by atoms with Crippen LogP contribution >= 0.6 is 0 Å². The van der Waals surface area contributed by atoms with E-state index in [1.807, 2.05) is 30.5 Å². The molecular weight excluding hydrogens is 190 g/mol. The van der Waals surface area contributed by atoms with E-state index in [0.717, 1.165) is 22.8 Å². The summed E-state index contributed by atoms with van der Waals surface area (Å²) in [6.07, 6.45) is 2.70. The minimum Gasteiger partial charge on any atom is -0.385 e. The molecule has 78 valence electrons. The number of hydrogen-bond donors (Lipinski definition) is 2. The van der Waals surface area contributed by atoms with Crippen molar-refractivity contribution in [3.8, 4) is 0 Å². The highest BCUT2D eigenvalue weighted by molar-refractivity contribution is 5.80. The summed E-state index contributed by atoms with van der Waals surface area (Å²) >= 11 is 0. The minimum atomic E-state index is -1.08. The number of carbonyl (C=O) groups excluding carboxylic acids is 1. The molecule has 1 atom stereocenters. The number of carbonyl (C=O) groups is 1. The molecule has 1 unspecified atom stereocenters. The zero-order valence-electron chi connectivity index (χ0n) is 8.53. The van der Waals surface area contributed by atoms with Crippen molar-refractivity contribution in [2.45, 2.75) is 18.9 Å². The first-order valence-corrected chi connectivity index (χ1v) is 4.87. The Hall–Kier alpha value is -1.61. The molecule has 2 rings (SSSR count). The second-order valence-electron chi connectivity index (χ2n) is 3.92. The van der Waals surface area contributed by atoms with Crippen molar-refractivity contribution in [1.82, 2.24) is 4.98 Å². The molecule has 0 aliphatic carbocycles. The summed E-state index contributed by atoms with van der Waals surface area (Å²) in [5.41, 5.74) is 0.718. The largest absolute Gasteiger partial charge is 0.385 e. The topological polar surface area (TPSA) is 53.1 Å². The first kappa shape index (κ1) is 9.93. The van der Waals surface area contributed by atoms with Gasteiger partial charge in [0.25, 0.3) is 0 Å². The average Bonchev–Trinajstić information content (AvgIpc) is 2.63. The Morgan fingerprint density at radius 2 is 2.27 bits per heavy atom. The Morgan fingerprint density at radius 1 is 1.47 bits per heavy atom. The molecule has 15 heavy (non-hydrogen) atoms. The summed E-state index contributed by atoms with van der Waals surface area (Å²) in [6, 6.07) is 7.58. The standard InChI is InChI=1S/C12H13NO2/c1-12(15,5-7-14)10-2-3-11-9(8-10)4-6-13-11/h2-4,6-8,13,15H,5H2,1H3. The van der Waals surface area contributed by atoms with Gasteiger partial charge in [0.05, 0.1) is 5.60 Å². The predicted molar refractivity (Wildman–Crippen MR) is 58.6 cm³/mol. The molecule has 0 spiro atoms. The molecule has 1 aromatic heterocycles. The Bertz CT molecular complexity index is 485. The summed E-state index contributed by atoms with van der Waals surface area (Å²) < 4.78 is 0. The van der Waals surface area contributed by atoms with Crippen LogP contribution in [0.3, 0.4) is 0 Å². The Balaban J connectivity index is 2.47. The number of aromatic nitrogens is 1. The summed E-state index contributed by atoms with van der Waals surface area (Å²) in [4.78, 5) is 13.5. The van der Waals surface area contributed by atoms with Crippen LogP contribution in [0.4, 0.5) is 0 Å². The molecule has 3 heteroatoms. The number of fused-ring (bicyclic) bond motifs is 1. The van der Waals surface area contributed by atoms with Gasteiger partial charge in [0.15, 0.2) is 0 Å². The predicted octanol–water partition coefficient (Wildman–Crippen LogP) is 1.96. The van der Waals surface area contributed by atoms with Gasteiger partial charge in [-0.05, 0) is 36.1 Å². The lowest BCUT2D eigenvalue weighted by Gasteiger charge is -2.21. The molecule has 0 saturated heterocycles. The number of aldehydes is 1. The molecule has 0 aliphatic heterocycles. The number of rotatable bonds is 3. The van der Waals surface area contributed by atoms with Crippen LogP contribution < -0.4 is 0 Å². The first-order chi connectivity index (χ1) is 7.13. The maximum atomic E-state index is 10.4. The second-order valence-corrected chi connectivity index (χ2v) is 3.92. The normalized spacial score (nSPS) is 15.1. The van der Waals surface area contributed by atoms with Crippen molar-refractivity contribution in [3.63, 3.8) is 0 Å². The molecule has 0 radical (unpaired) electrons. The van der Waals surface area contributed by atoms with Crippen LogP contribution in [-0.4, -0.2) is 16.4 Å². The van der Waals surface area contributed by atoms with Crippen molar-refractivity contribution < 1.29 is 9.90 Å². The van der Waals surface area contributed by atoms with E-state index in [0.29, 0.717) is 0 Å². The van der Waals surface area contributed by atoms with Gasteiger partial charge in [0.1, 0.15) is 6.29 Å². The lowest BCUT2D eigenvalue weighted by Crippen LogP contribution is -2.21. The molecule has 2 aromatic rings. The van der Waals surface area contributed by atoms with Gasteiger partial charge >= 0.3 is 0 Å².